The molecule has 3 heterocycles. The molecule has 0 radical (unpaired) electrons. The molecule has 2 atom stereocenters. The molecule has 1 saturated heterocycles. The molecule has 1 aliphatic heterocycles. The van der Waals surface area contributed by atoms with E-state index in [4.69, 9.17) is 4.74 Å². The van der Waals surface area contributed by atoms with E-state index in [1.165, 1.54) is 18.5 Å². The highest BCUT2D eigenvalue weighted by atomic mass is 19.1. The Kier molecular flexibility index (Phi) is 4.09. The predicted octanol–water partition coefficient (Wildman–Crippen LogP) is 2.79. The summed E-state index contributed by atoms with van der Waals surface area (Å²) in [5, 5.41) is 4.31. The van der Waals surface area contributed by atoms with E-state index in [1.807, 2.05) is 6.92 Å². The van der Waals surface area contributed by atoms with Gasteiger partial charge in [0.05, 0.1) is 6.10 Å². The van der Waals surface area contributed by atoms with E-state index in [1.54, 1.807) is 16.6 Å². The molecule has 2 aromatic heterocycles. The zero-order valence-electron chi connectivity index (χ0n) is 14.3. The van der Waals surface area contributed by atoms with E-state index in [-0.39, 0.29) is 18.0 Å². The summed E-state index contributed by atoms with van der Waals surface area (Å²) in [4.78, 5) is 11.0. The molecule has 0 saturated carbocycles. The van der Waals surface area contributed by atoms with Crippen LogP contribution in [-0.2, 0) is 11.2 Å². The van der Waals surface area contributed by atoms with Crippen molar-refractivity contribution in [3.8, 4) is 0 Å². The molecule has 3 aromatic rings. The number of benzene rings is 1. The number of morpholine rings is 1. The lowest BCUT2D eigenvalue weighted by molar-refractivity contribution is -0.0177. The van der Waals surface area contributed by atoms with Crippen LogP contribution in [-0.4, -0.2) is 38.8 Å². The van der Waals surface area contributed by atoms with Crippen molar-refractivity contribution in [2.45, 2.75) is 32.5 Å². The highest BCUT2D eigenvalue weighted by Gasteiger charge is 2.28. The summed E-state index contributed by atoms with van der Waals surface area (Å²) in [6.45, 7) is 5.53. The molecular formula is C18H20FN5O. The van der Waals surface area contributed by atoms with Crippen molar-refractivity contribution in [2.75, 3.05) is 18.0 Å². The van der Waals surface area contributed by atoms with E-state index >= 15 is 0 Å². The van der Waals surface area contributed by atoms with Gasteiger partial charge in [-0.2, -0.15) is 14.6 Å². The molecule has 7 heteroatoms. The Hall–Kier alpha value is -2.54. The largest absolute Gasteiger partial charge is 0.367 e. The van der Waals surface area contributed by atoms with Gasteiger partial charge in [-0.3, -0.25) is 0 Å². The van der Waals surface area contributed by atoms with E-state index in [2.05, 4.69) is 33.0 Å². The first kappa shape index (κ1) is 16.0. The summed E-state index contributed by atoms with van der Waals surface area (Å²) in [6, 6.07) is 8.57. The number of rotatable bonds is 3. The van der Waals surface area contributed by atoms with Crippen LogP contribution in [0.5, 0.6) is 0 Å². The maximum absolute atomic E-state index is 13.2. The van der Waals surface area contributed by atoms with Crippen LogP contribution in [0, 0.1) is 5.82 Å². The van der Waals surface area contributed by atoms with Crippen LogP contribution in [0.1, 0.15) is 31.2 Å². The summed E-state index contributed by atoms with van der Waals surface area (Å²) in [5.41, 5.74) is 1.95. The van der Waals surface area contributed by atoms with Gasteiger partial charge in [0, 0.05) is 24.8 Å². The molecule has 0 spiro atoms. The normalized spacial score (nSPS) is 21.0. The minimum Gasteiger partial charge on any atom is -0.367 e. The fourth-order valence-corrected chi connectivity index (χ4v) is 3.25. The van der Waals surface area contributed by atoms with Crippen molar-refractivity contribution < 1.29 is 9.13 Å². The van der Waals surface area contributed by atoms with Crippen LogP contribution < -0.4 is 4.90 Å². The quantitative estimate of drug-likeness (QED) is 0.733. The smallest absolute Gasteiger partial charge is 0.254 e. The minimum atomic E-state index is -0.240. The molecule has 0 bridgehead atoms. The third kappa shape index (κ3) is 3.07. The van der Waals surface area contributed by atoms with Gasteiger partial charge < -0.3 is 9.64 Å². The van der Waals surface area contributed by atoms with E-state index in [9.17, 15) is 4.39 Å². The molecule has 1 fully saturated rings. The van der Waals surface area contributed by atoms with E-state index < -0.39 is 0 Å². The lowest BCUT2D eigenvalue weighted by Gasteiger charge is -2.38. The highest BCUT2D eigenvalue weighted by Crippen LogP contribution is 2.29. The van der Waals surface area contributed by atoms with Crippen LogP contribution in [0.2, 0.25) is 0 Å². The summed E-state index contributed by atoms with van der Waals surface area (Å²) in [7, 11) is 0. The van der Waals surface area contributed by atoms with Gasteiger partial charge in [-0.05, 0) is 31.0 Å². The van der Waals surface area contributed by atoms with Crippen LogP contribution in [0.4, 0.5) is 10.2 Å². The number of fused-ring (bicyclic) bond motifs is 1. The Bertz CT molecular complexity index is 879. The van der Waals surface area contributed by atoms with Crippen molar-refractivity contribution in [3.63, 3.8) is 0 Å². The number of aryl methyl sites for hydroxylation is 1. The van der Waals surface area contributed by atoms with E-state index in [0.717, 1.165) is 30.0 Å². The van der Waals surface area contributed by atoms with Gasteiger partial charge in [0.2, 0.25) is 0 Å². The second-order valence-electron chi connectivity index (χ2n) is 6.32. The Balaban J connectivity index is 1.70. The summed E-state index contributed by atoms with van der Waals surface area (Å²) >= 11 is 0. The number of nitrogens with zero attached hydrogens (tertiary/aromatic N) is 5. The summed E-state index contributed by atoms with van der Waals surface area (Å²) < 4.78 is 21.1. The Morgan fingerprint density at radius 3 is 2.80 bits per heavy atom. The van der Waals surface area contributed by atoms with Crippen LogP contribution in [0.3, 0.4) is 0 Å². The predicted molar refractivity (Wildman–Crippen MR) is 92.1 cm³/mol. The van der Waals surface area contributed by atoms with Crippen molar-refractivity contribution >= 4 is 11.6 Å². The average Bonchev–Trinajstić information content (AvgIpc) is 3.09. The fraction of sp³-hybridized carbons (Fsp3) is 0.389. The van der Waals surface area contributed by atoms with Crippen molar-refractivity contribution in [1.82, 2.24) is 19.6 Å². The first-order valence-corrected chi connectivity index (χ1v) is 8.49. The zero-order valence-corrected chi connectivity index (χ0v) is 14.3. The third-order valence-corrected chi connectivity index (χ3v) is 4.47. The Labute approximate surface area is 145 Å². The van der Waals surface area contributed by atoms with Gasteiger partial charge in [-0.15, -0.1) is 0 Å². The molecular weight excluding hydrogens is 321 g/mol. The number of anilines is 1. The first-order valence-electron chi connectivity index (χ1n) is 8.49. The van der Waals surface area contributed by atoms with Gasteiger partial charge in [0.15, 0.2) is 0 Å². The maximum atomic E-state index is 13.2. The SMILES string of the molecule is CCc1cc(N2CC(C)OC(c3ccc(F)cc3)C2)n2ncnc2n1. The minimum absolute atomic E-state index is 0.0422. The standard InChI is InChI=1S/C18H20FN5O/c1-3-15-8-17(24-18(22-15)20-11-21-24)23-9-12(2)25-16(10-23)13-4-6-14(19)7-5-13/h4-8,11-12,16H,3,9-10H2,1-2H3. The summed E-state index contributed by atoms with van der Waals surface area (Å²) in [6.07, 6.45) is 2.27. The molecule has 1 aliphatic rings. The number of ether oxygens (including phenoxy) is 1. The van der Waals surface area contributed by atoms with Gasteiger partial charge in [0.1, 0.15) is 24.1 Å². The number of hydrogen-bond donors (Lipinski definition) is 0. The second kappa shape index (κ2) is 6.40. The maximum Gasteiger partial charge on any atom is 0.254 e. The second-order valence-corrected chi connectivity index (χ2v) is 6.32. The molecule has 130 valence electrons. The number of aromatic nitrogens is 4. The van der Waals surface area contributed by atoms with Crippen molar-refractivity contribution in [1.29, 1.82) is 0 Å². The monoisotopic (exact) mass is 341 g/mol. The van der Waals surface area contributed by atoms with Gasteiger partial charge in [-0.25, -0.2) is 9.37 Å². The van der Waals surface area contributed by atoms with Crippen LogP contribution in [0.15, 0.2) is 36.7 Å². The van der Waals surface area contributed by atoms with Crippen LogP contribution in [0.25, 0.3) is 5.78 Å². The van der Waals surface area contributed by atoms with Gasteiger partial charge in [-0.1, -0.05) is 19.1 Å². The molecule has 4 rings (SSSR count). The van der Waals surface area contributed by atoms with Crippen LogP contribution >= 0.6 is 0 Å². The van der Waals surface area contributed by atoms with Gasteiger partial charge >= 0.3 is 0 Å². The highest BCUT2D eigenvalue weighted by molar-refractivity contribution is 5.48. The first-order chi connectivity index (χ1) is 12.1. The third-order valence-electron chi connectivity index (χ3n) is 4.47. The number of hydrogen-bond acceptors (Lipinski definition) is 5. The molecule has 1 aromatic carbocycles. The van der Waals surface area contributed by atoms with Crippen molar-refractivity contribution in [2.24, 2.45) is 0 Å². The fourth-order valence-electron chi connectivity index (χ4n) is 3.25. The van der Waals surface area contributed by atoms with Gasteiger partial charge in [0.25, 0.3) is 5.78 Å². The molecule has 6 nitrogen and oxygen atoms in total. The molecule has 0 aliphatic carbocycles. The Morgan fingerprint density at radius 2 is 2.04 bits per heavy atom. The molecule has 25 heavy (non-hydrogen) atoms. The lowest BCUT2D eigenvalue weighted by Crippen LogP contribution is -2.43. The summed E-state index contributed by atoms with van der Waals surface area (Å²) in [5.74, 6) is 1.32. The average molecular weight is 341 g/mol. The topological polar surface area (TPSA) is 55.6 Å². The van der Waals surface area contributed by atoms with Crippen molar-refractivity contribution in [3.05, 3.63) is 53.7 Å². The number of halogens is 1. The molecule has 2 unspecified atom stereocenters. The molecule has 0 N–H and O–H groups in total. The Morgan fingerprint density at radius 1 is 1.24 bits per heavy atom. The molecule has 0 amide bonds. The van der Waals surface area contributed by atoms with E-state index in [0.29, 0.717) is 12.3 Å². The lowest BCUT2D eigenvalue weighted by atomic mass is 10.1. The zero-order chi connectivity index (χ0) is 17.4.